The highest BCUT2D eigenvalue weighted by Gasteiger charge is 2.32. The minimum atomic E-state index is -4.38. The molecular formula is C14H19F3N2O. The third-order valence-electron chi connectivity index (χ3n) is 3.75. The molecule has 1 atom stereocenters. The number of anilines is 2. The first kappa shape index (κ1) is 15.0. The zero-order chi connectivity index (χ0) is 14.8. The largest absolute Gasteiger partial charge is 0.416 e. The molecule has 0 amide bonds. The van der Waals surface area contributed by atoms with Crippen molar-refractivity contribution in [2.75, 3.05) is 23.8 Å². The van der Waals surface area contributed by atoms with Crippen LogP contribution in [-0.4, -0.2) is 24.3 Å². The number of aliphatic hydroxyl groups is 1. The first-order valence-electron chi connectivity index (χ1n) is 6.77. The highest BCUT2D eigenvalue weighted by molar-refractivity contribution is 5.69. The SMILES string of the molecule is Nc1cc(C(F)(F)F)ccc1N1CCCCC1CCO. The van der Waals surface area contributed by atoms with Crippen molar-refractivity contribution in [3.8, 4) is 0 Å². The molecule has 1 saturated heterocycles. The molecule has 1 fully saturated rings. The number of nitrogen functional groups attached to an aromatic ring is 1. The molecule has 1 heterocycles. The molecule has 1 aliphatic heterocycles. The van der Waals surface area contributed by atoms with Gasteiger partial charge < -0.3 is 15.7 Å². The van der Waals surface area contributed by atoms with Crippen molar-refractivity contribution in [1.29, 1.82) is 0 Å². The first-order valence-corrected chi connectivity index (χ1v) is 6.77. The average Bonchev–Trinajstić information content (AvgIpc) is 2.39. The fourth-order valence-corrected chi connectivity index (χ4v) is 2.76. The van der Waals surface area contributed by atoms with E-state index < -0.39 is 11.7 Å². The van der Waals surface area contributed by atoms with Gasteiger partial charge in [-0.05, 0) is 43.9 Å². The van der Waals surface area contributed by atoms with E-state index in [9.17, 15) is 13.2 Å². The summed E-state index contributed by atoms with van der Waals surface area (Å²) in [7, 11) is 0. The Kier molecular flexibility index (Phi) is 4.42. The molecule has 2 rings (SSSR count). The number of aliphatic hydroxyl groups excluding tert-OH is 1. The van der Waals surface area contributed by atoms with E-state index in [1.807, 2.05) is 4.90 Å². The minimum Gasteiger partial charge on any atom is -0.397 e. The first-order chi connectivity index (χ1) is 9.43. The van der Waals surface area contributed by atoms with Crippen LogP contribution < -0.4 is 10.6 Å². The van der Waals surface area contributed by atoms with Crippen molar-refractivity contribution in [2.24, 2.45) is 0 Å². The number of rotatable bonds is 3. The topological polar surface area (TPSA) is 49.5 Å². The van der Waals surface area contributed by atoms with Gasteiger partial charge in [-0.15, -0.1) is 0 Å². The maximum absolute atomic E-state index is 12.6. The smallest absolute Gasteiger partial charge is 0.397 e. The molecule has 0 saturated carbocycles. The molecule has 1 unspecified atom stereocenters. The van der Waals surface area contributed by atoms with Crippen LogP contribution in [0.25, 0.3) is 0 Å². The molecule has 0 radical (unpaired) electrons. The van der Waals surface area contributed by atoms with Crippen LogP contribution in [0.15, 0.2) is 18.2 Å². The summed E-state index contributed by atoms with van der Waals surface area (Å²) in [5.74, 6) is 0. The Morgan fingerprint density at radius 3 is 2.65 bits per heavy atom. The summed E-state index contributed by atoms with van der Waals surface area (Å²) in [5, 5.41) is 9.10. The Balaban J connectivity index is 2.27. The quantitative estimate of drug-likeness (QED) is 0.841. The lowest BCUT2D eigenvalue weighted by molar-refractivity contribution is -0.137. The number of nitrogens with zero attached hydrogens (tertiary/aromatic N) is 1. The van der Waals surface area contributed by atoms with Gasteiger partial charge in [-0.2, -0.15) is 13.2 Å². The molecule has 0 bridgehead atoms. The van der Waals surface area contributed by atoms with Crippen molar-refractivity contribution < 1.29 is 18.3 Å². The summed E-state index contributed by atoms with van der Waals surface area (Å²) in [4.78, 5) is 2.02. The van der Waals surface area contributed by atoms with Gasteiger partial charge >= 0.3 is 6.18 Å². The lowest BCUT2D eigenvalue weighted by atomic mass is 9.98. The molecule has 0 spiro atoms. The highest BCUT2D eigenvalue weighted by Crippen LogP contribution is 2.36. The molecule has 0 aromatic heterocycles. The van der Waals surface area contributed by atoms with Crippen molar-refractivity contribution in [1.82, 2.24) is 0 Å². The molecule has 20 heavy (non-hydrogen) atoms. The molecule has 0 aliphatic carbocycles. The maximum atomic E-state index is 12.6. The van der Waals surface area contributed by atoms with Crippen LogP contribution in [0, 0.1) is 0 Å². The van der Waals surface area contributed by atoms with Gasteiger partial charge in [-0.1, -0.05) is 0 Å². The monoisotopic (exact) mass is 288 g/mol. The average molecular weight is 288 g/mol. The zero-order valence-corrected chi connectivity index (χ0v) is 11.2. The fourth-order valence-electron chi connectivity index (χ4n) is 2.76. The van der Waals surface area contributed by atoms with E-state index in [2.05, 4.69) is 0 Å². The summed E-state index contributed by atoms with van der Waals surface area (Å²) < 4.78 is 37.9. The van der Waals surface area contributed by atoms with E-state index in [4.69, 9.17) is 10.8 Å². The maximum Gasteiger partial charge on any atom is 0.416 e. The van der Waals surface area contributed by atoms with Crippen LogP contribution in [-0.2, 0) is 6.18 Å². The van der Waals surface area contributed by atoms with Crippen LogP contribution in [0.2, 0.25) is 0 Å². The number of alkyl halides is 3. The molecule has 3 N–H and O–H groups in total. The van der Waals surface area contributed by atoms with Gasteiger partial charge in [0.2, 0.25) is 0 Å². The zero-order valence-electron chi connectivity index (χ0n) is 11.2. The van der Waals surface area contributed by atoms with E-state index in [-0.39, 0.29) is 18.3 Å². The lowest BCUT2D eigenvalue weighted by Crippen LogP contribution is -2.40. The predicted molar refractivity (Wildman–Crippen MR) is 72.5 cm³/mol. The molecule has 3 nitrogen and oxygen atoms in total. The Morgan fingerprint density at radius 1 is 1.30 bits per heavy atom. The summed E-state index contributed by atoms with van der Waals surface area (Å²) in [6.45, 7) is 0.835. The van der Waals surface area contributed by atoms with Gasteiger partial charge in [0.15, 0.2) is 0 Å². The van der Waals surface area contributed by atoms with Crippen LogP contribution in [0.5, 0.6) is 0 Å². The third-order valence-corrected chi connectivity index (χ3v) is 3.75. The standard InChI is InChI=1S/C14H19F3N2O/c15-14(16,17)10-4-5-13(12(18)9-10)19-7-2-1-3-11(19)6-8-20/h4-5,9,11,20H,1-3,6-8,18H2. The normalized spacial score (nSPS) is 20.2. The summed E-state index contributed by atoms with van der Waals surface area (Å²) in [6, 6.07) is 3.64. The van der Waals surface area contributed by atoms with Gasteiger partial charge in [-0.3, -0.25) is 0 Å². The number of hydrogen-bond acceptors (Lipinski definition) is 3. The number of benzene rings is 1. The number of halogens is 3. The minimum absolute atomic E-state index is 0.0711. The van der Waals surface area contributed by atoms with E-state index in [0.717, 1.165) is 37.9 Å². The van der Waals surface area contributed by atoms with Crippen LogP contribution in [0.4, 0.5) is 24.5 Å². The molecule has 1 aromatic carbocycles. The van der Waals surface area contributed by atoms with E-state index >= 15 is 0 Å². The molecular weight excluding hydrogens is 269 g/mol. The third kappa shape index (κ3) is 3.17. The van der Waals surface area contributed by atoms with Crippen molar-refractivity contribution in [3.63, 3.8) is 0 Å². The van der Waals surface area contributed by atoms with Crippen molar-refractivity contribution in [3.05, 3.63) is 23.8 Å². The Bertz CT molecular complexity index is 460. The van der Waals surface area contributed by atoms with Gasteiger partial charge in [0.05, 0.1) is 16.9 Å². The van der Waals surface area contributed by atoms with Gasteiger partial charge in [-0.25, -0.2) is 0 Å². The van der Waals surface area contributed by atoms with Crippen molar-refractivity contribution >= 4 is 11.4 Å². The van der Waals surface area contributed by atoms with Gasteiger partial charge in [0.25, 0.3) is 0 Å². The lowest BCUT2D eigenvalue weighted by Gasteiger charge is -2.38. The number of hydrogen-bond donors (Lipinski definition) is 2. The fraction of sp³-hybridized carbons (Fsp3) is 0.571. The second kappa shape index (κ2) is 5.91. The Labute approximate surface area is 116 Å². The Morgan fingerprint density at radius 2 is 2.05 bits per heavy atom. The van der Waals surface area contributed by atoms with Gasteiger partial charge in [0.1, 0.15) is 0 Å². The summed E-state index contributed by atoms with van der Waals surface area (Å²) in [6.07, 6.45) is -0.773. The summed E-state index contributed by atoms with van der Waals surface area (Å²) >= 11 is 0. The molecule has 112 valence electrons. The summed E-state index contributed by atoms with van der Waals surface area (Å²) in [5.41, 5.74) is 5.85. The van der Waals surface area contributed by atoms with Crippen LogP contribution in [0.3, 0.4) is 0 Å². The second-order valence-electron chi connectivity index (χ2n) is 5.13. The number of nitrogens with two attached hydrogens (primary N) is 1. The molecule has 1 aliphatic rings. The van der Waals surface area contributed by atoms with Crippen molar-refractivity contribution in [2.45, 2.75) is 37.9 Å². The molecule has 1 aromatic rings. The van der Waals surface area contributed by atoms with E-state index in [1.165, 1.54) is 6.07 Å². The molecule has 6 heteroatoms. The van der Waals surface area contributed by atoms with Crippen LogP contribution in [0.1, 0.15) is 31.2 Å². The predicted octanol–water partition coefficient (Wildman–Crippen LogP) is 3.03. The number of piperidine rings is 1. The van der Waals surface area contributed by atoms with E-state index in [0.29, 0.717) is 12.1 Å². The van der Waals surface area contributed by atoms with E-state index in [1.54, 1.807) is 0 Å². The van der Waals surface area contributed by atoms with Crippen LogP contribution >= 0.6 is 0 Å². The van der Waals surface area contributed by atoms with Gasteiger partial charge in [0, 0.05) is 19.2 Å². The second-order valence-corrected chi connectivity index (χ2v) is 5.13. The Hall–Kier alpha value is -1.43. The highest BCUT2D eigenvalue weighted by atomic mass is 19.4.